The number of hydrogen-bond donors (Lipinski definition) is 1. The summed E-state index contributed by atoms with van der Waals surface area (Å²) < 4.78 is 19.8. The highest BCUT2D eigenvalue weighted by Crippen LogP contribution is 2.42. The lowest BCUT2D eigenvalue weighted by Crippen LogP contribution is -2.50. The molecule has 9 heteroatoms. The van der Waals surface area contributed by atoms with Gasteiger partial charge in [-0.1, -0.05) is 30.3 Å². The molecule has 7 rings (SSSR count). The highest BCUT2D eigenvalue weighted by molar-refractivity contribution is 7.26. The van der Waals surface area contributed by atoms with Crippen LogP contribution in [0.25, 0.3) is 42.3 Å². The highest BCUT2D eigenvalue weighted by Gasteiger charge is 2.26. The number of morpholine rings is 2. The Bertz CT molecular complexity index is 1860. The first-order chi connectivity index (χ1) is 20.5. The molecule has 8 nitrogen and oxygen atoms in total. The number of anilines is 2. The Kier molecular flexibility index (Phi) is 7.19. The Morgan fingerprint density at radius 2 is 1.74 bits per heavy atom. The molecule has 2 aliphatic rings. The molecule has 2 aromatic heterocycles. The predicted molar refractivity (Wildman–Crippen MR) is 169 cm³/mol. The van der Waals surface area contributed by atoms with Crippen molar-refractivity contribution in [3.63, 3.8) is 0 Å². The lowest BCUT2D eigenvalue weighted by Gasteiger charge is -2.34. The topological polar surface area (TPSA) is 84.2 Å². The number of benzene rings is 3. The van der Waals surface area contributed by atoms with Gasteiger partial charge in [0, 0.05) is 69.2 Å². The van der Waals surface area contributed by atoms with E-state index in [4.69, 9.17) is 13.9 Å². The Balaban J connectivity index is 1.26. The summed E-state index contributed by atoms with van der Waals surface area (Å²) in [6.45, 7) is 8.71. The normalized spacial score (nSPS) is 19.0. The molecular formula is C33H33N3O5S. The molecule has 3 aromatic carbocycles. The number of hydrogen-bond acceptors (Lipinski definition) is 8. The van der Waals surface area contributed by atoms with E-state index in [0.29, 0.717) is 49.8 Å². The molecule has 0 aliphatic carbocycles. The number of thiophene rings is 1. The van der Waals surface area contributed by atoms with E-state index in [1.807, 2.05) is 44.2 Å². The van der Waals surface area contributed by atoms with E-state index in [-0.39, 0.29) is 23.5 Å². The molecule has 5 aromatic rings. The first-order valence-electron chi connectivity index (χ1n) is 14.5. The molecule has 2 fully saturated rings. The molecule has 42 heavy (non-hydrogen) atoms. The summed E-state index contributed by atoms with van der Waals surface area (Å²) in [4.78, 5) is 30.5. The average Bonchev–Trinajstić information content (AvgIpc) is 3.39. The number of nitrogens with zero attached hydrogens (tertiary/aromatic N) is 2. The van der Waals surface area contributed by atoms with E-state index in [1.165, 1.54) is 0 Å². The minimum Gasteiger partial charge on any atom is -0.440 e. The van der Waals surface area contributed by atoms with Gasteiger partial charge in [-0.3, -0.25) is 14.5 Å². The van der Waals surface area contributed by atoms with Gasteiger partial charge in [0.05, 0.1) is 37.4 Å². The van der Waals surface area contributed by atoms with Crippen molar-refractivity contribution in [2.45, 2.75) is 26.0 Å². The zero-order valence-corrected chi connectivity index (χ0v) is 24.5. The first-order valence-corrected chi connectivity index (χ1v) is 15.3. The number of carbonyl (C=O) groups is 1. The van der Waals surface area contributed by atoms with Crippen molar-refractivity contribution in [1.82, 2.24) is 4.90 Å². The number of amides is 1. The van der Waals surface area contributed by atoms with Crippen LogP contribution >= 0.6 is 11.3 Å². The van der Waals surface area contributed by atoms with Crippen LogP contribution in [-0.4, -0.2) is 69.0 Å². The molecule has 4 heterocycles. The number of fused-ring (bicyclic) bond motifs is 4. The molecule has 0 bridgehead atoms. The third kappa shape index (κ3) is 4.96. The van der Waals surface area contributed by atoms with Crippen molar-refractivity contribution >= 4 is 60.0 Å². The summed E-state index contributed by atoms with van der Waals surface area (Å²) in [6.07, 6.45) is 0.123. The Morgan fingerprint density at radius 3 is 2.55 bits per heavy atom. The van der Waals surface area contributed by atoms with Crippen LogP contribution in [-0.2, 0) is 14.3 Å². The molecule has 2 saturated heterocycles. The minimum atomic E-state index is -0.249. The highest BCUT2D eigenvalue weighted by atomic mass is 32.1. The molecule has 1 amide bonds. The van der Waals surface area contributed by atoms with Gasteiger partial charge in [0.1, 0.15) is 5.58 Å². The summed E-state index contributed by atoms with van der Waals surface area (Å²) in [6, 6.07) is 19.4. The quantitative estimate of drug-likeness (QED) is 0.284. The maximum absolute atomic E-state index is 13.2. The summed E-state index contributed by atoms with van der Waals surface area (Å²) in [5.74, 6) is 0.554. The van der Waals surface area contributed by atoms with Gasteiger partial charge < -0.3 is 24.1 Å². The van der Waals surface area contributed by atoms with Gasteiger partial charge in [-0.15, -0.1) is 11.3 Å². The molecule has 216 valence electrons. The first kappa shape index (κ1) is 27.1. The molecular weight excluding hydrogens is 550 g/mol. The van der Waals surface area contributed by atoms with Crippen molar-refractivity contribution in [3.05, 3.63) is 70.9 Å². The summed E-state index contributed by atoms with van der Waals surface area (Å²) in [5, 5.41) is 5.88. The second kappa shape index (κ2) is 11.1. The predicted octanol–water partition coefficient (Wildman–Crippen LogP) is 5.71. The fourth-order valence-corrected chi connectivity index (χ4v) is 7.23. The van der Waals surface area contributed by atoms with Crippen LogP contribution in [0, 0.1) is 0 Å². The fourth-order valence-electron chi connectivity index (χ4n) is 6.01. The largest absolute Gasteiger partial charge is 0.440 e. The third-order valence-corrected chi connectivity index (χ3v) is 9.54. The van der Waals surface area contributed by atoms with E-state index < -0.39 is 0 Å². The van der Waals surface area contributed by atoms with Gasteiger partial charge >= 0.3 is 0 Å². The van der Waals surface area contributed by atoms with E-state index in [2.05, 4.69) is 39.4 Å². The fraction of sp³-hybridized carbons (Fsp3) is 0.333. The van der Waals surface area contributed by atoms with E-state index in [1.54, 1.807) is 17.4 Å². The average molecular weight is 584 g/mol. The zero-order valence-electron chi connectivity index (χ0n) is 23.7. The van der Waals surface area contributed by atoms with Gasteiger partial charge in [0.15, 0.2) is 11.3 Å². The molecule has 0 saturated carbocycles. The standard InChI is InChI=1S/C33H33N3O5S/c1-20-19-36(13-16-40-20)21(2)33(38)34-22-9-10-29-27(17-22)25-7-4-6-24(32(25)42-29)23-5-3-8-26-28(37)18-30(41-31(23)26)35-11-14-39-15-12-35/h3-10,17-18,20-21H,11-16,19H2,1-2H3,(H,34,38)/t20-,21?/m0/s1. The number of carbonyl (C=O) groups excluding carboxylic acids is 1. The van der Waals surface area contributed by atoms with E-state index in [0.717, 1.165) is 50.1 Å². The third-order valence-electron chi connectivity index (χ3n) is 8.32. The molecule has 1 unspecified atom stereocenters. The molecule has 0 radical (unpaired) electrons. The van der Waals surface area contributed by atoms with Crippen LogP contribution < -0.4 is 15.6 Å². The minimum absolute atomic E-state index is 0.0227. The number of nitrogens with one attached hydrogen (secondary N) is 1. The molecule has 1 N–H and O–H groups in total. The summed E-state index contributed by atoms with van der Waals surface area (Å²) in [7, 11) is 0. The van der Waals surface area contributed by atoms with Crippen LogP contribution in [0.4, 0.5) is 11.6 Å². The monoisotopic (exact) mass is 583 g/mol. The maximum atomic E-state index is 13.2. The van der Waals surface area contributed by atoms with Crippen molar-refractivity contribution < 1.29 is 18.7 Å². The van der Waals surface area contributed by atoms with Crippen LogP contribution in [0.3, 0.4) is 0 Å². The molecule has 2 aliphatic heterocycles. The zero-order chi connectivity index (χ0) is 28.8. The maximum Gasteiger partial charge on any atom is 0.241 e. The Hall–Kier alpha value is -3.76. The van der Waals surface area contributed by atoms with Crippen molar-refractivity contribution in [3.8, 4) is 11.1 Å². The molecule has 2 atom stereocenters. The van der Waals surface area contributed by atoms with E-state index >= 15 is 0 Å². The second-order valence-electron chi connectivity index (χ2n) is 11.1. The van der Waals surface area contributed by atoms with Crippen molar-refractivity contribution in [2.75, 3.05) is 56.2 Å². The Labute approximate surface area is 247 Å². The number of rotatable bonds is 5. The van der Waals surface area contributed by atoms with Crippen LogP contribution in [0.15, 0.2) is 69.9 Å². The van der Waals surface area contributed by atoms with Crippen LogP contribution in [0.2, 0.25) is 0 Å². The van der Waals surface area contributed by atoms with Crippen LogP contribution in [0.1, 0.15) is 13.8 Å². The summed E-state index contributed by atoms with van der Waals surface area (Å²) in [5.41, 5.74) is 3.22. The summed E-state index contributed by atoms with van der Waals surface area (Å²) >= 11 is 1.70. The van der Waals surface area contributed by atoms with Gasteiger partial charge in [-0.2, -0.15) is 0 Å². The van der Waals surface area contributed by atoms with Crippen molar-refractivity contribution in [1.29, 1.82) is 0 Å². The number of ether oxygens (including phenoxy) is 2. The molecule has 0 spiro atoms. The van der Waals surface area contributed by atoms with Gasteiger partial charge in [0.25, 0.3) is 0 Å². The second-order valence-corrected chi connectivity index (χ2v) is 12.1. The lowest BCUT2D eigenvalue weighted by molar-refractivity contribution is -0.123. The van der Waals surface area contributed by atoms with E-state index in [9.17, 15) is 9.59 Å². The lowest BCUT2D eigenvalue weighted by atomic mass is 10.0. The van der Waals surface area contributed by atoms with Crippen LogP contribution in [0.5, 0.6) is 0 Å². The number of para-hydroxylation sites is 1. The smallest absolute Gasteiger partial charge is 0.241 e. The van der Waals surface area contributed by atoms with Crippen molar-refractivity contribution in [2.24, 2.45) is 0 Å². The Morgan fingerprint density at radius 1 is 0.952 bits per heavy atom. The van der Waals surface area contributed by atoms with Gasteiger partial charge in [-0.25, -0.2) is 0 Å². The van der Waals surface area contributed by atoms with Gasteiger partial charge in [0.2, 0.25) is 5.91 Å². The van der Waals surface area contributed by atoms with Gasteiger partial charge in [-0.05, 0) is 38.1 Å². The SMILES string of the molecule is CC(C(=O)Nc1ccc2sc3c(-c4cccc5c(=O)cc(N6CCOCC6)oc45)cccc3c2c1)N1CCO[C@@H](C)C1.